The molecule has 2 aliphatic heterocycles. The van der Waals surface area contributed by atoms with Gasteiger partial charge in [-0.05, 0) is 38.8 Å². The quantitative estimate of drug-likeness (QED) is 0.566. The number of aromatic nitrogens is 4. The third-order valence-electron chi connectivity index (χ3n) is 6.39. The van der Waals surface area contributed by atoms with Gasteiger partial charge < -0.3 is 9.80 Å². The average Bonchev–Trinajstić information content (AvgIpc) is 3.48. The number of carbonyl (C=O) groups is 1. The van der Waals surface area contributed by atoms with Crippen molar-refractivity contribution in [2.24, 2.45) is 0 Å². The Balaban J connectivity index is 1.30. The molecule has 10 nitrogen and oxygen atoms in total. The Hall–Kier alpha value is -3.05. The van der Waals surface area contributed by atoms with Crippen molar-refractivity contribution >= 4 is 27.5 Å². The number of aryl methyl sites for hydroxylation is 2. The zero-order valence-electron chi connectivity index (χ0n) is 18.8. The second kappa shape index (κ2) is 8.38. The molecule has 0 unspecified atom stereocenters. The maximum Gasteiger partial charge on any atom is 0.254 e. The number of rotatable bonds is 4. The summed E-state index contributed by atoms with van der Waals surface area (Å²) in [4.78, 5) is 26.1. The summed E-state index contributed by atoms with van der Waals surface area (Å²) in [5.41, 5.74) is 1.85. The first-order chi connectivity index (χ1) is 15.8. The van der Waals surface area contributed by atoms with Gasteiger partial charge in [-0.15, -0.1) is 0 Å². The molecule has 1 amide bonds. The second-order valence-electron chi connectivity index (χ2n) is 8.63. The zero-order valence-corrected chi connectivity index (χ0v) is 19.6. The fourth-order valence-electron chi connectivity index (χ4n) is 4.62. The van der Waals surface area contributed by atoms with Gasteiger partial charge in [0, 0.05) is 44.5 Å². The summed E-state index contributed by atoms with van der Waals surface area (Å²) >= 11 is 0. The Morgan fingerprint density at radius 2 is 1.76 bits per heavy atom. The first-order valence-corrected chi connectivity index (χ1v) is 12.6. The standard InChI is InChI=1S/C22H27N7O3S/c1-16-5-7-18(8-6-16)33(31,32)28-9-3-4-19(28)21(30)27-12-10-26(11-13-27)20-14-17(2)25-22-23-15-24-29(20)22/h5-8,14-15,19H,3-4,9-13H2,1-2H3/t19-/m0/s1. The van der Waals surface area contributed by atoms with Crippen molar-refractivity contribution in [2.75, 3.05) is 37.6 Å². The molecule has 0 spiro atoms. The lowest BCUT2D eigenvalue weighted by molar-refractivity contribution is -0.134. The number of carbonyl (C=O) groups excluding carboxylic acids is 1. The average molecular weight is 470 g/mol. The summed E-state index contributed by atoms with van der Waals surface area (Å²) in [7, 11) is -3.71. The minimum absolute atomic E-state index is 0.111. The van der Waals surface area contributed by atoms with Crippen molar-refractivity contribution in [3.63, 3.8) is 0 Å². The van der Waals surface area contributed by atoms with Crippen LogP contribution in [0.3, 0.4) is 0 Å². The number of sulfonamides is 1. The number of anilines is 1. The van der Waals surface area contributed by atoms with E-state index in [0.717, 1.165) is 17.1 Å². The molecule has 33 heavy (non-hydrogen) atoms. The Labute approximate surface area is 192 Å². The normalized spacial score (nSPS) is 20.0. The lowest BCUT2D eigenvalue weighted by Gasteiger charge is -2.38. The van der Waals surface area contributed by atoms with Crippen LogP contribution in [0, 0.1) is 13.8 Å². The van der Waals surface area contributed by atoms with E-state index in [-0.39, 0.29) is 10.8 Å². The molecule has 0 radical (unpaired) electrons. The molecule has 5 rings (SSSR count). The number of amides is 1. The minimum Gasteiger partial charge on any atom is -0.353 e. The van der Waals surface area contributed by atoms with E-state index in [4.69, 9.17) is 0 Å². The number of piperazine rings is 1. The van der Waals surface area contributed by atoms with Gasteiger partial charge in [0.1, 0.15) is 18.2 Å². The van der Waals surface area contributed by atoms with Crippen LogP contribution in [-0.4, -0.2) is 81.9 Å². The molecule has 0 bridgehead atoms. The van der Waals surface area contributed by atoms with Crippen molar-refractivity contribution in [1.29, 1.82) is 0 Å². The van der Waals surface area contributed by atoms with E-state index in [0.29, 0.717) is 51.3 Å². The maximum absolute atomic E-state index is 13.4. The SMILES string of the molecule is Cc1ccc(S(=O)(=O)N2CCC[C@H]2C(=O)N2CCN(c3cc(C)nc4ncnn34)CC2)cc1. The molecule has 2 fully saturated rings. The van der Waals surface area contributed by atoms with Crippen molar-refractivity contribution in [3.8, 4) is 0 Å². The van der Waals surface area contributed by atoms with Crippen LogP contribution in [0.25, 0.3) is 5.78 Å². The number of fused-ring (bicyclic) bond motifs is 1. The molecule has 0 aliphatic carbocycles. The highest BCUT2D eigenvalue weighted by Crippen LogP contribution is 2.28. The zero-order chi connectivity index (χ0) is 23.2. The lowest BCUT2D eigenvalue weighted by Crippen LogP contribution is -2.54. The molecular formula is C22H27N7O3S. The van der Waals surface area contributed by atoms with Gasteiger partial charge in [-0.2, -0.15) is 18.9 Å². The summed E-state index contributed by atoms with van der Waals surface area (Å²) < 4.78 is 29.6. The van der Waals surface area contributed by atoms with Crippen LogP contribution in [0.5, 0.6) is 0 Å². The third-order valence-corrected chi connectivity index (χ3v) is 8.32. The van der Waals surface area contributed by atoms with Crippen LogP contribution in [-0.2, 0) is 14.8 Å². The molecule has 4 heterocycles. The summed E-state index contributed by atoms with van der Waals surface area (Å²) in [5, 5.41) is 4.27. The van der Waals surface area contributed by atoms with Gasteiger partial charge >= 0.3 is 0 Å². The molecule has 0 saturated carbocycles. The van der Waals surface area contributed by atoms with Gasteiger partial charge in [-0.25, -0.2) is 13.4 Å². The fourth-order valence-corrected chi connectivity index (χ4v) is 6.27. The third kappa shape index (κ3) is 3.95. The van der Waals surface area contributed by atoms with Crippen molar-refractivity contribution in [1.82, 2.24) is 28.8 Å². The highest BCUT2D eigenvalue weighted by molar-refractivity contribution is 7.89. The van der Waals surface area contributed by atoms with E-state index in [1.165, 1.54) is 10.6 Å². The van der Waals surface area contributed by atoms with Gasteiger partial charge in [0.05, 0.1) is 4.90 Å². The van der Waals surface area contributed by atoms with Gasteiger partial charge in [-0.3, -0.25) is 4.79 Å². The predicted octanol–water partition coefficient (Wildman–Crippen LogP) is 1.24. The Morgan fingerprint density at radius 3 is 2.48 bits per heavy atom. The molecule has 2 saturated heterocycles. The second-order valence-corrected chi connectivity index (χ2v) is 10.5. The van der Waals surface area contributed by atoms with Crippen LogP contribution < -0.4 is 4.90 Å². The number of benzene rings is 1. The van der Waals surface area contributed by atoms with Crippen LogP contribution in [0.15, 0.2) is 41.6 Å². The Bertz CT molecular complexity index is 1280. The van der Waals surface area contributed by atoms with E-state index in [1.807, 2.05) is 19.9 Å². The number of nitrogens with zero attached hydrogens (tertiary/aromatic N) is 7. The molecule has 3 aromatic rings. The predicted molar refractivity (Wildman–Crippen MR) is 122 cm³/mol. The van der Waals surface area contributed by atoms with Crippen LogP contribution in [0.2, 0.25) is 0 Å². The topological polar surface area (TPSA) is 104 Å². The van der Waals surface area contributed by atoms with Crippen LogP contribution >= 0.6 is 0 Å². The largest absolute Gasteiger partial charge is 0.353 e. The van der Waals surface area contributed by atoms with Crippen LogP contribution in [0.4, 0.5) is 5.82 Å². The van der Waals surface area contributed by atoms with Gasteiger partial charge in [0.2, 0.25) is 15.9 Å². The van der Waals surface area contributed by atoms with Crippen molar-refractivity contribution in [3.05, 3.63) is 47.9 Å². The van der Waals surface area contributed by atoms with Gasteiger partial charge in [0.15, 0.2) is 0 Å². The van der Waals surface area contributed by atoms with E-state index in [1.54, 1.807) is 33.7 Å². The monoisotopic (exact) mass is 469 g/mol. The summed E-state index contributed by atoms with van der Waals surface area (Å²) in [6.45, 7) is 6.49. The molecule has 1 atom stereocenters. The summed E-state index contributed by atoms with van der Waals surface area (Å²) in [6, 6.07) is 8.12. The Morgan fingerprint density at radius 1 is 1.03 bits per heavy atom. The lowest BCUT2D eigenvalue weighted by atomic mass is 10.2. The van der Waals surface area contributed by atoms with Crippen molar-refractivity contribution in [2.45, 2.75) is 37.6 Å². The molecule has 0 N–H and O–H groups in total. The fraction of sp³-hybridized carbons (Fsp3) is 0.455. The van der Waals surface area contributed by atoms with Crippen LogP contribution in [0.1, 0.15) is 24.1 Å². The molecule has 1 aromatic carbocycles. The molecule has 2 aliphatic rings. The molecular weight excluding hydrogens is 442 g/mol. The number of hydrogen-bond acceptors (Lipinski definition) is 7. The van der Waals surface area contributed by atoms with E-state index >= 15 is 0 Å². The van der Waals surface area contributed by atoms with Crippen molar-refractivity contribution < 1.29 is 13.2 Å². The smallest absolute Gasteiger partial charge is 0.254 e. The number of hydrogen-bond donors (Lipinski definition) is 0. The molecule has 11 heteroatoms. The van der Waals surface area contributed by atoms with Gasteiger partial charge in [0.25, 0.3) is 5.78 Å². The molecule has 174 valence electrons. The summed E-state index contributed by atoms with van der Waals surface area (Å²) in [6.07, 6.45) is 2.71. The molecule has 2 aromatic heterocycles. The maximum atomic E-state index is 13.4. The van der Waals surface area contributed by atoms with E-state index in [2.05, 4.69) is 20.0 Å². The van der Waals surface area contributed by atoms with E-state index in [9.17, 15) is 13.2 Å². The summed E-state index contributed by atoms with van der Waals surface area (Å²) in [5.74, 6) is 1.33. The van der Waals surface area contributed by atoms with E-state index < -0.39 is 16.1 Å². The first-order valence-electron chi connectivity index (χ1n) is 11.1. The highest BCUT2D eigenvalue weighted by Gasteiger charge is 2.41. The highest BCUT2D eigenvalue weighted by atomic mass is 32.2. The minimum atomic E-state index is -3.71. The first kappa shape index (κ1) is 21.8. The van der Waals surface area contributed by atoms with Gasteiger partial charge in [-0.1, -0.05) is 17.7 Å². The Kier molecular flexibility index (Phi) is 5.53.